The van der Waals surface area contributed by atoms with Crippen LogP contribution in [0.3, 0.4) is 0 Å². The Hall–Kier alpha value is 0.1000. The Morgan fingerprint density at radius 3 is 2.50 bits per heavy atom. The summed E-state index contributed by atoms with van der Waals surface area (Å²) in [5.74, 6) is -4.14. The van der Waals surface area contributed by atoms with Gasteiger partial charge < -0.3 is 0 Å². The second kappa shape index (κ2) is 2.82. The van der Waals surface area contributed by atoms with Crippen molar-refractivity contribution < 1.29 is 17.2 Å². The van der Waals surface area contributed by atoms with Crippen molar-refractivity contribution in [3.8, 4) is 0 Å². The fourth-order valence-corrected chi connectivity index (χ4v) is 4.49. The van der Waals surface area contributed by atoms with Crippen LogP contribution in [-0.4, -0.2) is 20.1 Å². The number of hydrogen-bond donors (Lipinski definition) is 0. The van der Waals surface area contributed by atoms with E-state index in [9.17, 15) is 17.2 Å². The maximum atomic E-state index is 13.4. The van der Waals surface area contributed by atoms with Crippen molar-refractivity contribution in [2.24, 2.45) is 11.3 Å². The molecular weight excluding hydrogens is 234 g/mol. The van der Waals surface area contributed by atoms with Crippen LogP contribution in [0.2, 0.25) is 0 Å². The Balaban J connectivity index is 2.24. The van der Waals surface area contributed by atoms with E-state index in [0.29, 0.717) is 12.8 Å². The van der Waals surface area contributed by atoms with E-state index in [1.807, 2.05) is 0 Å². The number of rotatable bonds is 2. The number of halogens is 3. The Morgan fingerprint density at radius 1 is 1.36 bits per heavy atom. The van der Waals surface area contributed by atoms with Gasteiger partial charge in [0.25, 0.3) is 5.92 Å². The van der Waals surface area contributed by atoms with Gasteiger partial charge in [-0.1, -0.05) is 12.8 Å². The number of alkyl halides is 2. The van der Waals surface area contributed by atoms with Crippen molar-refractivity contribution in [2.75, 3.05) is 5.75 Å². The summed E-state index contributed by atoms with van der Waals surface area (Å²) in [5, 5.41) is 0. The van der Waals surface area contributed by atoms with E-state index in [-0.39, 0.29) is 6.42 Å². The molecule has 2 unspecified atom stereocenters. The zero-order chi connectivity index (χ0) is 10.6. The Bertz CT molecular complexity index is 354. The first-order chi connectivity index (χ1) is 6.30. The maximum Gasteiger partial charge on any atom is 0.258 e. The van der Waals surface area contributed by atoms with Crippen molar-refractivity contribution >= 4 is 19.7 Å². The van der Waals surface area contributed by atoms with Gasteiger partial charge in [0.05, 0.1) is 11.2 Å². The summed E-state index contributed by atoms with van der Waals surface area (Å²) in [7, 11) is 1.23. The molecule has 0 bridgehead atoms. The predicted molar refractivity (Wildman–Crippen MR) is 49.0 cm³/mol. The van der Waals surface area contributed by atoms with E-state index < -0.39 is 32.1 Å². The van der Waals surface area contributed by atoms with Crippen LogP contribution in [0.1, 0.15) is 25.7 Å². The van der Waals surface area contributed by atoms with Crippen LogP contribution in [0, 0.1) is 11.3 Å². The molecule has 0 aliphatic heterocycles. The zero-order valence-corrected chi connectivity index (χ0v) is 9.04. The van der Waals surface area contributed by atoms with E-state index in [0.717, 1.165) is 6.42 Å². The summed E-state index contributed by atoms with van der Waals surface area (Å²) < 4.78 is 48.4. The van der Waals surface area contributed by atoms with Crippen molar-refractivity contribution in [1.82, 2.24) is 0 Å². The van der Waals surface area contributed by atoms with Gasteiger partial charge in [0.15, 0.2) is 0 Å². The van der Waals surface area contributed by atoms with Gasteiger partial charge in [-0.25, -0.2) is 17.2 Å². The smallest absolute Gasteiger partial charge is 0.212 e. The Kier molecular flexibility index (Phi) is 2.13. The maximum absolute atomic E-state index is 13.4. The van der Waals surface area contributed by atoms with E-state index >= 15 is 0 Å². The fourth-order valence-electron chi connectivity index (χ4n) is 2.76. The van der Waals surface area contributed by atoms with Crippen LogP contribution in [0.4, 0.5) is 8.78 Å². The summed E-state index contributed by atoms with van der Waals surface area (Å²) in [6.45, 7) is 0. The van der Waals surface area contributed by atoms with Crippen molar-refractivity contribution in [3.05, 3.63) is 0 Å². The second-order valence-corrected chi connectivity index (χ2v) is 7.04. The molecule has 0 saturated heterocycles. The van der Waals surface area contributed by atoms with Gasteiger partial charge >= 0.3 is 0 Å². The van der Waals surface area contributed by atoms with Crippen LogP contribution in [0.25, 0.3) is 0 Å². The largest absolute Gasteiger partial charge is 0.258 e. The molecular formula is C8H11ClF2O2S. The zero-order valence-electron chi connectivity index (χ0n) is 7.47. The lowest BCUT2D eigenvalue weighted by atomic mass is 9.90. The highest BCUT2D eigenvalue weighted by atomic mass is 35.7. The van der Waals surface area contributed by atoms with Crippen LogP contribution in [-0.2, 0) is 9.05 Å². The minimum Gasteiger partial charge on any atom is -0.212 e. The van der Waals surface area contributed by atoms with Gasteiger partial charge in [0.1, 0.15) is 0 Å². The van der Waals surface area contributed by atoms with Gasteiger partial charge in [0.2, 0.25) is 9.05 Å². The Morgan fingerprint density at radius 2 is 2.00 bits per heavy atom. The molecule has 2 aliphatic carbocycles. The average Bonchev–Trinajstić information content (AvgIpc) is 2.46. The molecule has 2 atom stereocenters. The minimum absolute atomic E-state index is 0.288. The molecule has 6 heteroatoms. The lowest BCUT2D eigenvalue weighted by Gasteiger charge is -2.18. The molecule has 2 aliphatic rings. The number of fused-ring (bicyclic) bond motifs is 1. The molecule has 2 saturated carbocycles. The summed E-state index contributed by atoms with van der Waals surface area (Å²) in [6.07, 6.45) is 2.17. The third kappa shape index (κ3) is 1.36. The van der Waals surface area contributed by atoms with Crippen LogP contribution in [0.15, 0.2) is 0 Å². The molecule has 2 rings (SSSR count). The monoisotopic (exact) mass is 244 g/mol. The first-order valence-corrected chi connectivity index (χ1v) is 7.08. The highest BCUT2D eigenvalue weighted by Crippen LogP contribution is 2.72. The van der Waals surface area contributed by atoms with Gasteiger partial charge in [0, 0.05) is 16.6 Å². The van der Waals surface area contributed by atoms with Gasteiger partial charge in [-0.3, -0.25) is 0 Å². The average molecular weight is 245 g/mol. The topological polar surface area (TPSA) is 34.1 Å². The van der Waals surface area contributed by atoms with E-state index in [2.05, 4.69) is 0 Å². The minimum atomic E-state index is -3.82. The first kappa shape index (κ1) is 10.6. The third-order valence-corrected chi connectivity index (χ3v) is 4.67. The standard InChI is InChI=1S/C8H11ClF2O2S/c9-14(12,13)5-7-4-2-1-3-6(7)8(7,10)11/h6H,1-5H2. The molecule has 0 amide bonds. The summed E-state index contributed by atoms with van der Waals surface area (Å²) >= 11 is 0. The molecule has 82 valence electrons. The molecule has 0 radical (unpaired) electrons. The summed E-state index contributed by atoms with van der Waals surface area (Å²) in [5.41, 5.74) is -1.33. The quantitative estimate of drug-likeness (QED) is 0.699. The molecule has 2 nitrogen and oxygen atoms in total. The van der Waals surface area contributed by atoms with Gasteiger partial charge in [-0.05, 0) is 12.8 Å². The van der Waals surface area contributed by atoms with Crippen LogP contribution < -0.4 is 0 Å². The van der Waals surface area contributed by atoms with Crippen LogP contribution >= 0.6 is 10.7 Å². The fraction of sp³-hybridized carbons (Fsp3) is 1.00. The highest BCUT2D eigenvalue weighted by molar-refractivity contribution is 8.13. The third-order valence-electron chi connectivity index (χ3n) is 3.48. The molecule has 0 heterocycles. The van der Waals surface area contributed by atoms with Crippen molar-refractivity contribution in [3.63, 3.8) is 0 Å². The van der Waals surface area contributed by atoms with E-state index in [4.69, 9.17) is 10.7 Å². The molecule has 0 aromatic rings. The Labute approximate surface area is 86.0 Å². The molecule has 0 aromatic carbocycles. The van der Waals surface area contributed by atoms with Gasteiger partial charge in [-0.2, -0.15) is 0 Å². The van der Waals surface area contributed by atoms with Crippen molar-refractivity contribution in [2.45, 2.75) is 31.6 Å². The second-order valence-electron chi connectivity index (χ2n) is 4.26. The normalized spacial score (nSPS) is 40.4. The molecule has 0 aromatic heterocycles. The lowest BCUT2D eigenvalue weighted by molar-refractivity contribution is 0.0631. The lowest BCUT2D eigenvalue weighted by Crippen LogP contribution is -2.22. The SMILES string of the molecule is O=S(=O)(Cl)CC12CCCCC1C2(F)F. The number of hydrogen-bond acceptors (Lipinski definition) is 2. The van der Waals surface area contributed by atoms with E-state index in [1.165, 1.54) is 0 Å². The highest BCUT2D eigenvalue weighted by Gasteiger charge is 2.80. The predicted octanol–water partition coefficient (Wildman–Crippen LogP) is 2.38. The summed E-state index contributed by atoms with van der Waals surface area (Å²) in [4.78, 5) is 0. The molecule has 2 fully saturated rings. The first-order valence-electron chi connectivity index (χ1n) is 4.60. The van der Waals surface area contributed by atoms with Crippen LogP contribution in [0.5, 0.6) is 0 Å². The van der Waals surface area contributed by atoms with Crippen molar-refractivity contribution in [1.29, 1.82) is 0 Å². The molecule has 0 N–H and O–H groups in total. The van der Waals surface area contributed by atoms with E-state index in [1.54, 1.807) is 0 Å². The molecule has 14 heavy (non-hydrogen) atoms. The molecule has 0 spiro atoms. The summed E-state index contributed by atoms with van der Waals surface area (Å²) in [6, 6.07) is 0. The van der Waals surface area contributed by atoms with Gasteiger partial charge in [-0.15, -0.1) is 0 Å².